The van der Waals surface area contributed by atoms with Crippen molar-refractivity contribution >= 4 is 29.5 Å². The first kappa shape index (κ1) is 11.1. The molecule has 0 amide bonds. The molecule has 98 valence electrons. The molecule has 2 aliphatic carbocycles. The van der Waals surface area contributed by atoms with Crippen LogP contribution in [0.2, 0.25) is 0 Å². The van der Waals surface area contributed by atoms with Crippen LogP contribution in [0.1, 0.15) is 17.0 Å². The third-order valence-electron chi connectivity index (χ3n) is 4.77. The second-order valence-electron chi connectivity index (χ2n) is 5.90. The van der Waals surface area contributed by atoms with Gasteiger partial charge in [0.15, 0.2) is 0 Å². The molecule has 0 bridgehead atoms. The van der Waals surface area contributed by atoms with Crippen LogP contribution in [-0.4, -0.2) is 0 Å². The highest BCUT2D eigenvalue weighted by Crippen LogP contribution is 2.42. The van der Waals surface area contributed by atoms with E-state index in [1.807, 2.05) is 0 Å². The fourth-order valence-corrected chi connectivity index (χ4v) is 3.82. The van der Waals surface area contributed by atoms with Crippen molar-refractivity contribution in [1.82, 2.24) is 0 Å². The predicted molar refractivity (Wildman–Crippen MR) is 90.4 cm³/mol. The molecule has 3 aromatic rings. The van der Waals surface area contributed by atoms with Crippen LogP contribution in [-0.2, 0) is 0 Å². The fourth-order valence-electron chi connectivity index (χ4n) is 3.82. The van der Waals surface area contributed by atoms with E-state index in [0.717, 1.165) is 5.22 Å². The number of allylic oxidation sites excluding steroid dienone is 1. The summed E-state index contributed by atoms with van der Waals surface area (Å²) in [5.41, 5.74) is 5.49. The van der Waals surface area contributed by atoms with Gasteiger partial charge in [-0.25, -0.2) is 0 Å². The van der Waals surface area contributed by atoms with Gasteiger partial charge in [0.05, 0.1) is 0 Å². The summed E-state index contributed by atoms with van der Waals surface area (Å²) in [6, 6.07) is 17.5. The van der Waals surface area contributed by atoms with Crippen LogP contribution in [0, 0.1) is 0 Å². The molecule has 5 rings (SSSR count). The number of rotatable bonds is 0. The van der Waals surface area contributed by atoms with E-state index in [0.29, 0.717) is 5.92 Å². The molecular formula is C21H14. The summed E-state index contributed by atoms with van der Waals surface area (Å²) in [6.45, 7) is 4.20. The average molecular weight is 266 g/mol. The van der Waals surface area contributed by atoms with E-state index in [4.69, 9.17) is 0 Å². The van der Waals surface area contributed by atoms with Gasteiger partial charge in [-0.05, 0) is 43.5 Å². The molecule has 0 nitrogen and oxygen atoms in total. The maximum Gasteiger partial charge on any atom is 0.0223 e. The van der Waals surface area contributed by atoms with Gasteiger partial charge in [-0.2, -0.15) is 0 Å². The Balaban J connectivity index is 2.05. The van der Waals surface area contributed by atoms with Crippen molar-refractivity contribution in [2.75, 3.05) is 0 Å². The standard InChI is InChI=1S/C21H14/c1-13-4-2-7-17-18-11-10-15-6-3-5-14-8-9-16(12-19(13)17)21(18)20(14)15/h2-12,16H,1H2. The topological polar surface area (TPSA) is 0 Å². The zero-order valence-corrected chi connectivity index (χ0v) is 11.6. The lowest BCUT2D eigenvalue weighted by Crippen LogP contribution is -2.29. The summed E-state index contributed by atoms with van der Waals surface area (Å²) in [5, 5.41) is 5.16. The lowest BCUT2D eigenvalue weighted by molar-refractivity contribution is 1.13. The van der Waals surface area contributed by atoms with Crippen LogP contribution in [0.3, 0.4) is 0 Å². The minimum absolute atomic E-state index is 0.369. The van der Waals surface area contributed by atoms with Crippen LogP contribution in [0.25, 0.3) is 40.6 Å². The molecule has 0 aliphatic heterocycles. The lowest BCUT2D eigenvalue weighted by atomic mass is 9.77. The van der Waals surface area contributed by atoms with Crippen LogP contribution in [0.5, 0.6) is 0 Å². The normalized spacial score (nSPS) is 17.4. The Morgan fingerprint density at radius 2 is 1.76 bits per heavy atom. The van der Waals surface area contributed by atoms with Gasteiger partial charge in [-0.1, -0.05) is 73.3 Å². The second kappa shape index (κ2) is 3.73. The highest BCUT2D eigenvalue weighted by molar-refractivity contribution is 6.01. The largest absolute Gasteiger partial charge is 0.0911 e. The van der Waals surface area contributed by atoms with E-state index in [9.17, 15) is 0 Å². The van der Waals surface area contributed by atoms with Gasteiger partial charge in [0, 0.05) is 5.92 Å². The van der Waals surface area contributed by atoms with Gasteiger partial charge in [-0.15, -0.1) is 0 Å². The van der Waals surface area contributed by atoms with Crippen LogP contribution in [0.15, 0.2) is 54.6 Å². The Bertz CT molecular complexity index is 1050. The molecule has 0 saturated carbocycles. The third-order valence-corrected chi connectivity index (χ3v) is 4.77. The van der Waals surface area contributed by atoms with E-state index in [1.165, 1.54) is 38.2 Å². The van der Waals surface area contributed by atoms with Crippen molar-refractivity contribution in [3.05, 3.63) is 76.2 Å². The monoisotopic (exact) mass is 266 g/mol. The Hall–Kier alpha value is -2.60. The van der Waals surface area contributed by atoms with Crippen LogP contribution >= 0.6 is 0 Å². The Morgan fingerprint density at radius 3 is 2.71 bits per heavy atom. The molecule has 0 aromatic heterocycles. The smallest absolute Gasteiger partial charge is 0.0223 e. The van der Waals surface area contributed by atoms with Crippen molar-refractivity contribution < 1.29 is 0 Å². The maximum atomic E-state index is 4.20. The summed E-state index contributed by atoms with van der Waals surface area (Å²) < 4.78 is 0. The SMILES string of the molecule is C=c1cccc2c1=CC1C=Cc3cccc4ccc-2c1c34. The van der Waals surface area contributed by atoms with Crippen molar-refractivity contribution in [3.63, 3.8) is 0 Å². The fraction of sp³-hybridized carbons (Fsp3) is 0.0476. The Kier molecular flexibility index (Phi) is 1.97. The quantitative estimate of drug-likeness (QED) is 0.580. The maximum absolute atomic E-state index is 4.20. The molecule has 1 unspecified atom stereocenters. The third kappa shape index (κ3) is 1.34. The van der Waals surface area contributed by atoms with Gasteiger partial charge in [0.1, 0.15) is 0 Å². The zero-order valence-electron chi connectivity index (χ0n) is 11.6. The first-order valence-corrected chi connectivity index (χ1v) is 7.37. The van der Waals surface area contributed by atoms with E-state index in [2.05, 4.69) is 73.3 Å². The summed E-state index contributed by atoms with van der Waals surface area (Å²) in [5.74, 6) is 0.369. The summed E-state index contributed by atoms with van der Waals surface area (Å²) in [7, 11) is 0. The molecule has 1 atom stereocenters. The molecular weight excluding hydrogens is 252 g/mol. The van der Waals surface area contributed by atoms with E-state index < -0.39 is 0 Å². The molecule has 2 aliphatic rings. The Morgan fingerprint density at radius 1 is 0.857 bits per heavy atom. The number of hydrogen-bond acceptors (Lipinski definition) is 0. The molecule has 0 heteroatoms. The molecule has 0 fully saturated rings. The van der Waals surface area contributed by atoms with Crippen molar-refractivity contribution in [2.24, 2.45) is 0 Å². The van der Waals surface area contributed by atoms with E-state index in [1.54, 1.807) is 0 Å². The molecule has 0 heterocycles. The molecule has 21 heavy (non-hydrogen) atoms. The highest BCUT2D eigenvalue weighted by Gasteiger charge is 2.23. The minimum Gasteiger partial charge on any atom is -0.0911 e. The molecule has 0 spiro atoms. The van der Waals surface area contributed by atoms with Gasteiger partial charge in [0.2, 0.25) is 0 Å². The van der Waals surface area contributed by atoms with Crippen molar-refractivity contribution in [1.29, 1.82) is 0 Å². The number of hydrogen-bond donors (Lipinski definition) is 0. The van der Waals surface area contributed by atoms with Gasteiger partial charge < -0.3 is 0 Å². The van der Waals surface area contributed by atoms with Crippen molar-refractivity contribution in [3.8, 4) is 11.1 Å². The summed E-state index contributed by atoms with van der Waals surface area (Å²) in [6.07, 6.45) is 6.94. The second-order valence-corrected chi connectivity index (χ2v) is 5.90. The number of fused-ring (bicyclic) bond motifs is 2. The zero-order chi connectivity index (χ0) is 14.0. The van der Waals surface area contributed by atoms with Gasteiger partial charge >= 0.3 is 0 Å². The van der Waals surface area contributed by atoms with Gasteiger partial charge in [0.25, 0.3) is 0 Å². The van der Waals surface area contributed by atoms with Crippen LogP contribution < -0.4 is 10.4 Å². The minimum atomic E-state index is 0.369. The molecule has 0 N–H and O–H groups in total. The van der Waals surface area contributed by atoms with E-state index in [-0.39, 0.29) is 0 Å². The molecule has 0 radical (unpaired) electrons. The Labute approximate surface area is 123 Å². The summed E-state index contributed by atoms with van der Waals surface area (Å²) >= 11 is 0. The predicted octanol–water partition coefficient (Wildman–Crippen LogP) is 3.82. The van der Waals surface area contributed by atoms with Crippen LogP contribution in [0.4, 0.5) is 0 Å². The number of benzene rings is 3. The highest BCUT2D eigenvalue weighted by atomic mass is 14.3. The molecule has 3 aromatic carbocycles. The lowest BCUT2D eigenvalue weighted by Gasteiger charge is -2.26. The molecule has 0 saturated heterocycles. The van der Waals surface area contributed by atoms with Gasteiger partial charge in [-0.3, -0.25) is 0 Å². The first-order chi connectivity index (χ1) is 10.3. The summed E-state index contributed by atoms with van der Waals surface area (Å²) in [4.78, 5) is 0. The van der Waals surface area contributed by atoms with E-state index >= 15 is 0 Å². The average Bonchev–Trinajstić information content (AvgIpc) is 2.53. The first-order valence-electron chi connectivity index (χ1n) is 7.37. The van der Waals surface area contributed by atoms with Crippen molar-refractivity contribution in [2.45, 2.75) is 5.92 Å².